The number of hydrogen-bond acceptors (Lipinski definition) is 3. The van der Waals surface area contributed by atoms with E-state index >= 15 is 0 Å². The number of rotatable bonds is 2. The van der Waals surface area contributed by atoms with Gasteiger partial charge in [0.2, 0.25) is 0 Å². The standard InChI is InChI=1S/C17H28O3S/c18-15(19)17(6-3-1-2-4-7-17)14-5-10-20-16(13-14)8-11-21-12-9-16/h14H,1-13H2,(H,18,19). The van der Waals surface area contributed by atoms with Crippen LogP contribution >= 0.6 is 11.8 Å². The highest BCUT2D eigenvalue weighted by atomic mass is 32.2. The first-order valence-electron chi connectivity index (χ1n) is 8.62. The molecule has 2 saturated heterocycles. The summed E-state index contributed by atoms with van der Waals surface area (Å²) in [7, 11) is 0. The average Bonchev–Trinajstić information content (AvgIpc) is 2.75. The van der Waals surface area contributed by atoms with Crippen LogP contribution < -0.4 is 0 Å². The maximum atomic E-state index is 12.2. The minimum atomic E-state index is -0.531. The molecule has 3 aliphatic rings. The number of hydrogen-bond donors (Lipinski definition) is 1. The van der Waals surface area contributed by atoms with E-state index in [1.807, 2.05) is 11.8 Å². The van der Waals surface area contributed by atoms with E-state index in [0.717, 1.165) is 58.0 Å². The highest BCUT2D eigenvalue weighted by Crippen LogP contribution is 2.51. The topological polar surface area (TPSA) is 46.5 Å². The first-order chi connectivity index (χ1) is 10.2. The molecule has 2 aliphatic heterocycles. The van der Waals surface area contributed by atoms with Gasteiger partial charge in [0.15, 0.2) is 0 Å². The van der Waals surface area contributed by atoms with Gasteiger partial charge in [0.25, 0.3) is 0 Å². The van der Waals surface area contributed by atoms with Gasteiger partial charge in [0, 0.05) is 6.61 Å². The minimum absolute atomic E-state index is 0.00290. The Morgan fingerprint density at radius 3 is 2.33 bits per heavy atom. The van der Waals surface area contributed by atoms with Crippen molar-refractivity contribution >= 4 is 17.7 Å². The molecular weight excluding hydrogens is 284 g/mol. The maximum Gasteiger partial charge on any atom is 0.309 e. The second-order valence-electron chi connectivity index (χ2n) is 7.21. The fraction of sp³-hybridized carbons (Fsp3) is 0.941. The van der Waals surface area contributed by atoms with Crippen molar-refractivity contribution in [1.29, 1.82) is 0 Å². The second kappa shape index (κ2) is 6.49. The van der Waals surface area contributed by atoms with Crippen LogP contribution in [-0.2, 0) is 9.53 Å². The third kappa shape index (κ3) is 3.12. The lowest BCUT2D eigenvalue weighted by molar-refractivity contribution is -0.166. The van der Waals surface area contributed by atoms with Gasteiger partial charge in [-0.15, -0.1) is 0 Å². The molecule has 0 radical (unpaired) electrons. The molecule has 1 aliphatic carbocycles. The molecule has 1 N–H and O–H groups in total. The molecule has 4 heteroatoms. The van der Waals surface area contributed by atoms with Crippen LogP contribution in [0.25, 0.3) is 0 Å². The number of carboxylic acids is 1. The average molecular weight is 312 g/mol. The number of carbonyl (C=O) groups is 1. The normalized spacial score (nSPS) is 32.5. The number of ether oxygens (including phenoxy) is 1. The molecule has 0 aromatic carbocycles. The Morgan fingerprint density at radius 1 is 1.05 bits per heavy atom. The number of aliphatic carboxylic acids is 1. The van der Waals surface area contributed by atoms with Gasteiger partial charge in [-0.2, -0.15) is 11.8 Å². The summed E-state index contributed by atoms with van der Waals surface area (Å²) in [6, 6.07) is 0. The zero-order chi connectivity index (χ0) is 14.8. The lowest BCUT2D eigenvalue weighted by Gasteiger charge is -2.48. The predicted octanol–water partition coefficient (Wildman–Crippen LogP) is 4.10. The Kier molecular flexibility index (Phi) is 4.84. The maximum absolute atomic E-state index is 12.2. The summed E-state index contributed by atoms with van der Waals surface area (Å²) in [5.74, 6) is 2.14. The van der Waals surface area contributed by atoms with Crippen LogP contribution in [0.15, 0.2) is 0 Å². The lowest BCUT2D eigenvalue weighted by Crippen LogP contribution is -2.49. The monoisotopic (exact) mass is 312 g/mol. The van der Waals surface area contributed by atoms with Crippen molar-refractivity contribution in [3.8, 4) is 0 Å². The van der Waals surface area contributed by atoms with Crippen molar-refractivity contribution in [2.24, 2.45) is 11.3 Å². The first kappa shape index (κ1) is 15.7. The highest BCUT2D eigenvalue weighted by Gasteiger charge is 2.50. The van der Waals surface area contributed by atoms with Crippen molar-refractivity contribution in [2.45, 2.75) is 69.8 Å². The van der Waals surface area contributed by atoms with Crippen molar-refractivity contribution in [3.63, 3.8) is 0 Å². The molecule has 3 nitrogen and oxygen atoms in total. The van der Waals surface area contributed by atoms with Gasteiger partial charge in [0.05, 0.1) is 11.0 Å². The second-order valence-corrected chi connectivity index (χ2v) is 8.43. The fourth-order valence-electron chi connectivity index (χ4n) is 4.75. The van der Waals surface area contributed by atoms with Crippen LogP contribution in [0.4, 0.5) is 0 Å². The van der Waals surface area contributed by atoms with E-state index in [0.29, 0.717) is 5.92 Å². The first-order valence-corrected chi connectivity index (χ1v) is 9.78. The lowest BCUT2D eigenvalue weighted by atomic mass is 9.63. The van der Waals surface area contributed by atoms with Gasteiger partial charge in [-0.05, 0) is 55.9 Å². The molecule has 1 saturated carbocycles. The predicted molar refractivity (Wildman–Crippen MR) is 85.7 cm³/mol. The molecule has 0 amide bonds. The van der Waals surface area contributed by atoms with Crippen molar-refractivity contribution < 1.29 is 14.6 Å². The molecule has 21 heavy (non-hydrogen) atoms. The Labute approximate surface area is 132 Å². The zero-order valence-electron chi connectivity index (χ0n) is 12.9. The van der Waals surface area contributed by atoms with E-state index < -0.39 is 11.4 Å². The van der Waals surface area contributed by atoms with Crippen LogP contribution in [0.2, 0.25) is 0 Å². The van der Waals surface area contributed by atoms with Gasteiger partial charge in [-0.25, -0.2) is 0 Å². The van der Waals surface area contributed by atoms with E-state index in [9.17, 15) is 9.90 Å². The SMILES string of the molecule is O=C(O)C1(C2CCOC3(CCSCC3)C2)CCCCCC1. The van der Waals surface area contributed by atoms with E-state index in [1.54, 1.807) is 0 Å². The molecule has 1 atom stereocenters. The smallest absolute Gasteiger partial charge is 0.309 e. The third-order valence-electron chi connectivity index (χ3n) is 6.10. The van der Waals surface area contributed by atoms with Crippen molar-refractivity contribution in [3.05, 3.63) is 0 Å². The quantitative estimate of drug-likeness (QED) is 0.780. The third-order valence-corrected chi connectivity index (χ3v) is 7.09. The van der Waals surface area contributed by atoms with E-state index in [-0.39, 0.29) is 5.60 Å². The van der Waals surface area contributed by atoms with E-state index in [1.165, 1.54) is 24.3 Å². The van der Waals surface area contributed by atoms with Gasteiger partial charge >= 0.3 is 5.97 Å². The molecule has 0 aromatic rings. The van der Waals surface area contributed by atoms with Crippen LogP contribution in [0, 0.1) is 11.3 Å². The van der Waals surface area contributed by atoms with Gasteiger partial charge in [-0.3, -0.25) is 4.79 Å². The Hall–Kier alpha value is -0.220. The summed E-state index contributed by atoms with van der Waals surface area (Å²) in [6.07, 6.45) is 10.5. The number of carboxylic acid groups (broad SMARTS) is 1. The zero-order valence-corrected chi connectivity index (χ0v) is 13.8. The molecule has 0 aromatic heterocycles. The molecular formula is C17H28O3S. The Balaban J connectivity index is 1.80. The summed E-state index contributed by atoms with van der Waals surface area (Å²) < 4.78 is 6.18. The van der Waals surface area contributed by atoms with E-state index in [2.05, 4.69) is 0 Å². The molecule has 1 unspecified atom stereocenters. The van der Waals surface area contributed by atoms with Gasteiger partial charge < -0.3 is 9.84 Å². The minimum Gasteiger partial charge on any atom is -0.481 e. The molecule has 3 rings (SSSR count). The molecule has 2 heterocycles. The van der Waals surface area contributed by atoms with Crippen molar-refractivity contribution in [1.82, 2.24) is 0 Å². The van der Waals surface area contributed by atoms with E-state index in [4.69, 9.17) is 4.74 Å². The van der Waals surface area contributed by atoms with Crippen LogP contribution in [0.1, 0.15) is 64.2 Å². The van der Waals surface area contributed by atoms with Crippen LogP contribution in [0.5, 0.6) is 0 Å². The van der Waals surface area contributed by atoms with Crippen LogP contribution in [0.3, 0.4) is 0 Å². The van der Waals surface area contributed by atoms with Crippen molar-refractivity contribution in [2.75, 3.05) is 18.1 Å². The summed E-state index contributed by atoms with van der Waals surface area (Å²) in [4.78, 5) is 12.2. The van der Waals surface area contributed by atoms with Crippen LogP contribution in [-0.4, -0.2) is 34.8 Å². The Morgan fingerprint density at radius 2 is 1.71 bits per heavy atom. The molecule has 1 spiro atoms. The summed E-state index contributed by atoms with van der Waals surface area (Å²) in [5, 5.41) is 10.0. The largest absolute Gasteiger partial charge is 0.481 e. The molecule has 120 valence electrons. The highest BCUT2D eigenvalue weighted by molar-refractivity contribution is 7.99. The molecule has 3 fully saturated rings. The summed E-state index contributed by atoms with van der Waals surface area (Å²) in [6.45, 7) is 0.768. The van der Waals surface area contributed by atoms with Gasteiger partial charge in [0.1, 0.15) is 0 Å². The summed E-state index contributed by atoms with van der Waals surface area (Å²) in [5.41, 5.74) is -0.458. The Bertz CT molecular complexity index is 363. The fourth-order valence-corrected chi connectivity index (χ4v) is 5.98. The summed E-state index contributed by atoms with van der Waals surface area (Å²) >= 11 is 2.01. The molecule has 0 bridgehead atoms. The number of thioether (sulfide) groups is 1. The van der Waals surface area contributed by atoms with Gasteiger partial charge in [-0.1, -0.05) is 25.7 Å².